The molecule has 0 spiro atoms. The van der Waals surface area contributed by atoms with E-state index in [1.54, 1.807) is 18.2 Å². The summed E-state index contributed by atoms with van der Waals surface area (Å²) in [6, 6.07) is 8.74. The number of nitrogens with zero attached hydrogens (tertiary/aromatic N) is 5. The van der Waals surface area contributed by atoms with Crippen molar-refractivity contribution in [1.29, 1.82) is 0 Å². The molecule has 1 N–H and O–H groups in total. The Morgan fingerprint density at radius 3 is 2.83 bits per heavy atom. The molecule has 10 heteroatoms. The van der Waals surface area contributed by atoms with Crippen molar-refractivity contribution in [1.82, 2.24) is 25.2 Å². The van der Waals surface area contributed by atoms with Gasteiger partial charge in [-0.15, -0.1) is 6.42 Å². The second-order valence-corrected chi connectivity index (χ2v) is 13.5. The first-order valence-electron chi connectivity index (χ1n) is 16.4. The fourth-order valence-electron chi connectivity index (χ4n) is 8.45. The van der Waals surface area contributed by atoms with E-state index in [2.05, 4.69) is 34.9 Å². The van der Waals surface area contributed by atoms with Crippen molar-refractivity contribution in [2.45, 2.75) is 69.7 Å². The second kappa shape index (κ2) is 11.1. The van der Waals surface area contributed by atoms with Crippen LogP contribution in [0.1, 0.15) is 50.8 Å². The van der Waals surface area contributed by atoms with Crippen LogP contribution in [0.3, 0.4) is 0 Å². The van der Waals surface area contributed by atoms with Crippen LogP contribution in [-0.4, -0.2) is 76.4 Å². The molecule has 8 rings (SSSR count). The summed E-state index contributed by atoms with van der Waals surface area (Å²) < 4.78 is 52.9. The molecular weight excluding hydrogens is 589 g/mol. The zero-order valence-electron chi connectivity index (χ0n) is 26.1. The molecule has 0 radical (unpaired) electrons. The van der Waals surface area contributed by atoms with Gasteiger partial charge in [-0.1, -0.05) is 44.0 Å². The lowest BCUT2D eigenvalue weighted by Gasteiger charge is -2.42. The van der Waals surface area contributed by atoms with Crippen LogP contribution in [0.2, 0.25) is 0 Å². The van der Waals surface area contributed by atoms with Crippen molar-refractivity contribution in [2.24, 2.45) is 5.92 Å². The fraction of sp³-hybridized carbons (Fsp3) is 0.472. The molecule has 4 aromatic rings. The fourth-order valence-corrected chi connectivity index (χ4v) is 8.45. The molecule has 2 aromatic heterocycles. The first-order chi connectivity index (χ1) is 22.3. The number of aromatic nitrogens is 3. The van der Waals surface area contributed by atoms with Crippen LogP contribution in [0.5, 0.6) is 6.01 Å². The molecule has 0 aliphatic carbocycles. The van der Waals surface area contributed by atoms with E-state index in [1.165, 1.54) is 6.07 Å². The molecule has 2 aromatic carbocycles. The van der Waals surface area contributed by atoms with Gasteiger partial charge in [0.25, 0.3) is 0 Å². The van der Waals surface area contributed by atoms with Crippen LogP contribution in [0.25, 0.3) is 32.9 Å². The zero-order chi connectivity index (χ0) is 31.7. The molecule has 3 saturated heterocycles. The number of alkyl halides is 1. The van der Waals surface area contributed by atoms with E-state index >= 15 is 4.39 Å². The number of anilines is 1. The van der Waals surface area contributed by atoms with E-state index in [4.69, 9.17) is 26.1 Å². The number of benzene rings is 2. The largest absolute Gasteiger partial charge is 0.461 e. The maximum atomic E-state index is 17.1. The number of pyridine rings is 1. The summed E-state index contributed by atoms with van der Waals surface area (Å²) in [4.78, 5) is 19.1. The summed E-state index contributed by atoms with van der Waals surface area (Å²) >= 11 is 0. The lowest BCUT2D eigenvalue weighted by molar-refractivity contribution is 0.107. The Morgan fingerprint density at radius 1 is 1.13 bits per heavy atom. The van der Waals surface area contributed by atoms with Gasteiger partial charge in [-0.2, -0.15) is 9.97 Å². The lowest BCUT2D eigenvalue weighted by Crippen LogP contribution is -2.58. The van der Waals surface area contributed by atoms with E-state index in [9.17, 15) is 8.78 Å². The maximum absolute atomic E-state index is 17.1. The minimum absolute atomic E-state index is 0.0675. The molecule has 0 amide bonds. The minimum atomic E-state index is -0.896. The first kappa shape index (κ1) is 29.5. The number of fused-ring (bicyclic) bond motifs is 4. The highest BCUT2D eigenvalue weighted by Gasteiger charge is 2.49. The Labute approximate surface area is 266 Å². The Bertz CT molecular complexity index is 1910. The summed E-state index contributed by atoms with van der Waals surface area (Å²) in [6.45, 7) is 7.27. The number of hydrogen-bond acceptors (Lipinski definition) is 7. The monoisotopic (exact) mass is 626 g/mol. The van der Waals surface area contributed by atoms with Crippen LogP contribution in [0.4, 0.5) is 19.0 Å². The van der Waals surface area contributed by atoms with Crippen molar-refractivity contribution < 1.29 is 17.9 Å². The van der Waals surface area contributed by atoms with Gasteiger partial charge in [-0.25, -0.2) is 18.2 Å². The molecule has 0 unspecified atom stereocenters. The topological polar surface area (TPSA) is 66.4 Å². The van der Waals surface area contributed by atoms with Crippen molar-refractivity contribution >= 4 is 27.5 Å². The summed E-state index contributed by atoms with van der Waals surface area (Å²) in [5, 5.41) is 5.38. The standard InChI is InChI=1S/C36H37F3N6O/c1-4-23-18-45-28(16-40-23)20(3)14-27-30-33(42-35(43-34(30)45)46-19-36-12-7-13-44(36)17-22(37)15-36)31(39)32(41-27)25-9-6-8-21-10-11-26(38)24(5-2)29(21)25/h2,6,8-11,20,22-23,28,40H,4,7,12-19H2,1,3H3/t20-,22+,23+,28+,36-/m0/s1. The average Bonchev–Trinajstić information content (AvgIpc) is 3.56. The van der Waals surface area contributed by atoms with Crippen LogP contribution < -0.4 is 15.0 Å². The number of ether oxygens (including phenoxy) is 1. The molecule has 46 heavy (non-hydrogen) atoms. The van der Waals surface area contributed by atoms with Crippen LogP contribution in [0.15, 0.2) is 30.3 Å². The number of halogens is 3. The smallest absolute Gasteiger partial charge is 0.319 e. The summed E-state index contributed by atoms with van der Waals surface area (Å²) in [5.41, 5.74) is 0.945. The van der Waals surface area contributed by atoms with Crippen molar-refractivity contribution in [3.05, 3.63) is 53.2 Å². The highest BCUT2D eigenvalue weighted by Crippen LogP contribution is 2.43. The van der Waals surface area contributed by atoms with E-state index in [0.29, 0.717) is 59.2 Å². The molecular formula is C36H37F3N6O. The Morgan fingerprint density at radius 2 is 2.00 bits per heavy atom. The predicted octanol–water partition coefficient (Wildman–Crippen LogP) is 5.81. The van der Waals surface area contributed by atoms with Crippen LogP contribution in [-0.2, 0) is 6.42 Å². The third-order valence-electron chi connectivity index (χ3n) is 10.8. The van der Waals surface area contributed by atoms with Gasteiger partial charge < -0.3 is 15.0 Å². The molecule has 4 aliphatic rings. The van der Waals surface area contributed by atoms with Crippen molar-refractivity contribution in [2.75, 3.05) is 37.7 Å². The molecule has 0 bridgehead atoms. The Hall–Kier alpha value is -3.94. The molecule has 7 nitrogen and oxygen atoms in total. The van der Waals surface area contributed by atoms with Gasteiger partial charge in [0.1, 0.15) is 35.6 Å². The SMILES string of the molecule is C#Cc1c(F)ccc2cccc(-c3nc4c5c(nc(OC[C@@]67CCCN6C[C@H](F)C7)nc5c3F)N3C[C@@H](CC)NC[C@@H]3[C@@H](C)C4)c12. The van der Waals surface area contributed by atoms with Crippen molar-refractivity contribution in [3.63, 3.8) is 0 Å². The Kier molecular flexibility index (Phi) is 7.11. The van der Waals surface area contributed by atoms with Gasteiger partial charge in [-0.3, -0.25) is 4.90 Å². The van der Waals surface area contributed by atoms with Gasteiger partial charge in [0.15, 0.2) is 5.82 Å². The number of hydrogen-bond donors (Lipinski definition) is 1. The number of terminal acetylenes is 1. The second-order valence-electron chi connectivity index (χ2n) is 13.5. The minimum Gasteiger partial charge on any atom is -0.461 e. The van der Waals surface area contributed by atoms with E-state index in [1.807, 2.05) is 6.07 Å². The molecule has 3 fully saturated rings. The third-order valence-corrected chi connectivity index (χ3v) is 10.8. The summed E-state index contributed by atoms with van der Waals surface area (Å²) in [5.74, 6) is 2.07. The van der Waals surface area contributed by atoms with Gasteiger partial charge in [0.2, 0.25) is 0 Å². The maximum Gasteiger partial charge on any atom is 0.319 e. The molecule has 0 saturated carbocycles. The summed E-state index contributed by atoms with van der Waals surface area (Å²) in [7, 11) is 0. The van der Waals surface area contributed by atoms with E-state index in [-0.39, 0.29) is 47.4 Å². The van der Waals surface area contributed by atoms with Gasteiger partial charge in [-0.05, 0) is 49.6 Å². The van der Waals surface area contributed by atoms with Crippen molar-refractivity contribution in [3.8, 4) is 29.6 Å². The highest BCUT2D eigenvalue weighted by molar-refractivity contribution is 6.02. The quantitative estimate of drug-likeness (QED) is 0.281. The normalized spacial score (nSPS) is 27.4. The molecule has 4 aliphatic heterocycles. The van der Waals surface area contributed by atoms with E-state index in [0.717, 1.165) is 32.4 Å². The molecule has 5 atom stereocenters. The first-order valence-corrected chi connectivity index (χ1v) is 16.4. The number of piperazine rings is 1. The number of rotatable bonds is 5. The molecule has 238 valence electrons. The molecule has 6 heterocycles. The van der Waals surface area contributed by atoms with Gasteiger partial charge in [0, 0.05) is 49.1 Å². The van der Waals surface area contributed by atoms with Crippen LogP contribution >= 0.6 is 0 Å². The van der Waals surface area contributed by atoms with Crippen LogP contribution in [0, 0.1) is 29.9 Å². The Balaban J connectivity index is 1.33. The zero-order valence-corrected chi connectivity index (χ0v) is 26.1. The van der Waals surface area contributed by atoms with Gasteiger partial charge in [0.05, 0.1) is 22.2 Å². The third kappa shape index (κ3) is 4.54. The van der Waals surface area contributed by atoms with Gasteiger partial charge >= 0.3 is 6.01 Å². The average molecular weight is 627 g/mol. The highest BCUT2D eigenvalue weighted by atomic mass is 19.1. The van der Waals surface area contributed by atoms with E-state index < -0.39 is 23.3 Å². The lowest BCUT2D eigenvalue weighted by atomic mass is 9.93. The predicted molar refractivity (Wildman–Crippen MR) is 173 cm³/mol. The summed E-state index contributed by atoms with van der Waals surface area (Å²) in [6.07, 6.45) is 8.63. The number of nitrogens with one attached hydrogen (secondary N) is 1.